The Morgan fingerprint density at radius 1 is 1.50 bits per heavy atom. The maximum atomic E-state index is 9.26. The molecule has 0 aromatic carbocycles. The molecule has 1 saturated heterocycles. The summed E-state index contributed by atoms with van der Waals surface area (Å²) in [6, 6.07) is 0. The van der Waals surface area contributed by atoms with Crippen LogP contribution >= 0.6 is 0 Å². The maximum Gasteiger partial charge on any atom is 0.160 e. The molecule has 1 heterocycles. The molecule has 0 aromatic rings. The van der Waals surface area contributed by atoms with Crippen LogP contribution < -0.4 is 0 Å². The second-order valence-corrected chi connectivity index (χ2v) is 2.82. The van der Waals surface area contributed by atoms with Gasteiger partial charge in [-0.1, -0.05) is 0 Å². The highest BCUT2D eigenvalue weighted by atomic mass is 16.7. The number of aliphatic hydroxyl groups is 3. The molecule has 1 fully saturated rings. The minimum absolute atomic E-state index is 0.230. The number of methoxy groups -OCH3 is 1. The van der Waals surface area contributed by atoms with Crippen molar-refractivity contribution in [2.45, 2.75) is 31.0 Å². The van der Waals surface area contributed by atoms with Crippen molar-refractivity contribution in [3.8, 4) is 0 Å². The van der Waals surface area contributed by atoms with Crippen molar-refractivity contribution in [1.29, 1.82) is 0 Å². The summed E-state index contributed by atoms with van der Waals surface area (Å²) in [5.74, 6) is 0. The summed E-state index contributed by atoms with van der Waals surface area (Å²) in [7, 11) is 1.45. The van der Waals surface area contributed by atoms with Gasteiger partial charge >= 0.3 is 0 Å². The van der Waals surface area contributed by atoms with Crippen LogP contribution in [0, 0.1) is 0 Å². The lowest BCUT2D eigenvalue weighted by atomic mass is 10.0. The minimum atomic E-state index is -1.03. The van der Waals surface area contributed by atoms with Crippen LogP contribution in [0.15, 0.2) is 0 Å². The molecule has 1 rings (SSSR count). The molecule has 0 aromatic heterocycles. The highest BCUT2D eigenvalue weighted by Crippen LogP contribution is 2.20. The third-order valence-electron chi connectivity index (χ3n) is 1.98. The Morgan fingerprint density at radius 3 is 2.67 bits per heavy atom. The Kier molecular flexibility index (Phi) is 3.42. The first-order valence-corrected chi connectivity index (χ1v) is 3.84. The molecule has 0 radical (unpaired) electrons. The lowest BCUT2D eigenvalue weighted by molar-refractivity contribution is -0.248. The van der Waals surface area contributed by atoms with Crippen LogP contribution in [0.1, 0.15) is 6.42 Å². The van der Waals surface area contributed by atoms with Crippen LogP contribution in [0.4, 0.5) is 0 Å². The number of hydrogen-bond donors (Lipinski definition) is 3. The molecule has 5 heteroatoms. The van der Waals surface area contributed by atoms with Crippen molar-refractivity contribution in [3.63, 3.8) is 0 Å². The van der Waals surface area contributed by atoms with E-state index in [0.29, 0.717) is 0 Å². The molecule has 1 aliphatic heterocycles. The summed E-state index contributed by atoms with van der Waals surface area (Å²) < 4.78 is 9.92. The van der Waals surface area contributed by atoms with Gasteiger partial charge in [-0.25, -0.2) is 0 Å². The third kappa shape index (κ3) is 1.94. The molecule has 1 aliphatic rings. The number of hydrogen-bond acceptors (Lipinski definition) is 5. The van der Waals surface area contributed by atoms with E-state index in [1.165, 1.54) is 7.11 Å². The van der Waals surface area contributed by atoms with Gasteiger partial charge in [0, 0.05) is 13.5 Å². The standard InChI is InChI=1S/C7H14O5/c1-11-6-2-4(9)7(10)5(3-8)12-6/h4-10H,2-3H2,1H3/t4?,5?,6?,7-/m0/s1. The molecule has 5 nitrogen and oxygen atoms in total. The molecule has 0 saturated carbocycles. The molecule has 3 N–H and O–H groups in total. The van der Waals surface area contributed by atoms with Gasteiger partial charge in [0.15, 0.2) is 6.29 Å². The molecule has 72 valence electrons. The zero-order valence-electron chi connectivity index (χ0n) is 6.88. The summed E-state index contributed by atoms with van der Waals surface area (Å²) >= 11 is 0. The van der Waals surface area contributed by atoms with Crippen LogP contribution in [0.25, 0.3) is 0 Å². The van der Waals surface area contributed by atoms with Gasteiger partial charge < -0.3 is 24.8 Å². The molecule has 0 amide bonds. The quantitative estimate of drug-likeness (QED) is 0.477. The average Bonchev–Trinajstić information content (AvgIpc) is 2.09. The van der Waals surface area contributed by atoms with Crippen molar-refractivity contribution < 1.29 is 24.8 Å². The fourth-order valence-electron chi connectivity index (χ4n) is 1.22. The van der Waals surface area contributed by atoms with E-state index in [0.717, 1.165) is 0 Å². The number of rotatable bonds is 2. The van der Waals surface area contributed by atoms with E-state index in [9.17, 15) is 10.2 Å². The maximum absolute atomic E-state index is 9.26. The van der Waals surface area contributed by atoms with Crippen LogP contribution in [0.2, 0.25) is 0 Å². The normalized spacial score (nSPS) is 43.0. The van der Waals surface area contributed by atoms with E-state index in [-0.39, 0.29) is 13.0 Å². The first-order chi connectivity index (χ1) is 5.69. The monoisotopic (exact) mass is 178 g/mol. The van der Waals surface area contributed by atoms with Crippen LogP contribution in [-0.4, -0.2) is 53.6 Å². The Hall–Kier alpha value is -0.200. The first kappa shape index (κ1) is 9.88. The highest BCUT2D eigenvalue weighted by molar-refractivity contribution is 4.81. The van der Waals surface area contributed by atoms with Crippen molar-refractivity contribution in [2.24, 2.45) is 0 Å². The van der Waals surface area contributed by atoms with Crippen molar-refractivity contribution in [2.75, 3.05) is 13.7 Å². The predicted octanol–water partition coefficient (Wildman–Crippen LogP) is -1.54. The molecule has 3 unspecified atom stereocenters. The van der Waals surface area contributed by atoms with E-state index in [1.54, 1.807) is 0 Å². The smallest absolute Gasteiger partial charge is 0.160 e. The van der Waals surface area contributed by atoms with Gasteiger partial charge in [0.05, 0.1) is 12.7 Å². The Morgan fingerprint density at radius 2 is 2.17 bits per heavy atom. The fourth-order valence-corrected chi connectivity index (χ4v) is 1.22. The largest absolute Gasteiger partial charge is 0.394 e. The predicted molar refractivity (Wildman–Crippen MR) is 39.4 cm³/mol. The summed E-state index contributed by atoms with van der Waals surface area (Å²) in [6.07, 6.45) is -2.98. The van der Waals surface area contributed by atoms with E-state index >= 15 is 0 Å². The van der Waals surface area contributed by atoms with Crippen molar-refractivity contribution in [3.05, 3.63) is 0 Å². The number of aliphatic hydroxyl groups excluding tert-OH is 3. The highest BCUT2D eigenvalue weighted by Gasteiger charge is 2.36. The van der Waals surface area contributed by atoms with Crippen molar-refractivity contribution in [1.82, 2.24) is 0 Å². The SMILES string of the molecule is COC1CC(O)[C@H](O)C(CO)O1. The topological polar surface area (TPSA) is 79.2 Å². The van der Waals surface area contributed by atoms with E-state index in [1.807, 2.05) is 0 Å². The van der Waals surface area contributed by atoms with Crippen LogP contribution in [-0.2, 0) is 9.47 Å². The molecule has 4 atom stereocenters. The average molecular weight is 178 g/mol. The third-order valence-corrected chi connectivity index (χ3v) is 1.98. The van der Waals surface area contributed by atoms with E-state index < -0.39 is 24.6 Å². The van der Waals surface area contributed by atoms with Gasteiger partial charge in [-0.3, -0.25) is 0 Å². The zero-order chi connectivity index (χ0) is 9.14. The van der Waals surface area contributed by atoms with Crippen LogP contribution in [0.5, 0.6) is 0 Å². The van der Waals surface area contributed by atoms with E-state index in [4.69, 9.17) is 14.6 Å². The van der Waals surface area contributed by atoms with Gasteiger partial charge in [0.2, 0.25) is 0 Å². The molecule has 0 bridgehead atoms. The van der Waals surface area contributed by atoms with Crippen LogP contribution in [0.3, 0.4) is 0 Å². The lowest BCUT2D eigenvalue weighted by Crippen LogP contribution is -2.50. The fraction of sp³-hybridized carbons (Fsp3) is 1.00. The lowest BCUT2D eigenvalue weighted by Gasteiger charge is -2.35. The Labute approximate surface area is 70.5 Å². The van der Waals surface area contributed by atoms with Gasteiger partial charge in [0.25, 0.3) is 0 Å². The van der Waals surface area contributed by atoms with E-state index in [2.05, 4.69) is 0 Å². The Balaban J connectivity index is 2.52. The van der Waals surface area contributed by atoms with Gasteiger partial charge in [-0.2, -0.15) is 0 Å². The molecule has 0 aliphatic carbocycles. The first-order valence-electron chi connectivity index (χ1n) is 3.84. The molecule has 0 spiro atoms. The summed E-state index contributed by atoms with van der Waals surface area (Å²) in [5, 5.41) is 27.3. The van der Waals surface area contributed by atoms with Crippen molar-refractivity contribution >= 4 is 0 Å². The summed E-state index contributed by atoms with van der Waals surface area (Å²) in [4.78, 5) is 0. The molecule has 12 heavy (non-hydrogen) atoms. The summed E-state index contributed by atoms with van der Waals surface area (Å²) in [5.41, 5.74) is 0. The molecular weight excluding hydrogens is 164 g/mol. The second-order valence-electron chi connectivity index (χ2n) is 2.82. The number of ether oxygens (including phenoxy) is 2. The van der Waals surface area contributed by atoms with Gasteiger partial charge in [-0.05, 0) is 0 Å². The Bertz CT molecular complexity index is 140. The minimum Gasteiger partial charge on any atom is -0.394 e. The zero-order valence-corrected chi connectivity index (χ0v) is 6.88. The summed E-state index contributed by atoms with van der Waals surface area (Å²) in [6.45, 7) is -0.321. The molecular formula is C7H14O5. The van der Waals surface area contributed by atoms with Gasteiger partial charge in [0.1, 0.15) is 12.2 Å². The van der Waals surface area contributed by atoms with Gasteiger partial charge in [-0.15, -0.1) is 0 Å². The second kappa shape index (κ2) is 4.15.